The van der Waals surface area contributed by atoms with Crippen molar-refractivity contribution in [3.05, 3.63) is 51.6 Å². The number of aryl methyl sites for hydroxylation is 2. The van der Waals surface area contributed by atoms with Crippen molar-refractivity contribution in [1.29, 1.82) is 0 Å². The highest BCUT2D eigenvalue weighted by molar-refractivity contribution is 5.34. The molecule has 0 radical (unpaired) electrons. The van der Waals surface area contributed by atoms with Crippen molar-refractivity contribution in [2.75, 3.05) is 0 Å². The zero-order valence-corrected chi connectivity index (χ0v) is 12.7. The molecule has 1 aliphatic rings. The van der Waals surface area contributed by atoms with Crippen LogP contribution in [0.2, 0.25) is 0 Å². The summed E-state index contributed by atoms with van der Waals surface area (Å²) in [6.45, 7) is 4.88. The Bertz CT molecular complexity index is 680. The van der Waals surface area contributed by atoms with Crippen LogP contribution in [0.3, 0.4) is 0 Å². The summed E-state index contributed by atoms with van der Waals surface area (Å²) < 4.78 is 1.97. The van der Waals surface area contributed by atoms with Gasteiger partial charge in [0.05, 0.1) is 11.0 Å². The van der Waals surface area contributed by atoms with E-state index >= 15 is 0 Å². The normalized spacial score (nSPS) is 18.7. The maximum Gasteiger partial charge on any atom is 0.269 e. The van der Waals surface area contributed by atoms with Gasteiger partial charge in [-0.3, -0.25) is 10.1 Å². The van der Waals surface area contributed by atoms with Crippen molar-refractivity contribution >= 4 is 5.69 Å². The molecule has 0 amide bonds. The van der Waals surface area contributed by atoms with Crippen molar-refractivity contribution in [3.63, 3.8) is 0 Å². The van der Waals surface area contributed by atoms with E-state index in [0.717, 1.165) is 36.6 Å². The first-order chi connectivity index (χ1) is 10.5. The van der Waals surface area contributed by atoms with E-state index in [9.17, 15) is 10.1 Å². The number of nitro groups is 1. The van der Waals surface area contributed by atoms with Gasteiger partial charge in [-0.1, -0.05) is 12.1 Å². The molecule has 1 aromatic carbocycles. The molecular formula is C15H19N5O2. The lowest BCUT2D eigenvalue weighted by Gasteiger charge is -2.26. The summed E-state index contributed by atoms with van der Waals surface area (Å²) in [4.78, 5) is 14.8. The maximum absolute atomic E-state index is 10.7. The zero-order valence-electron chi connectivity index (χ0n) is 12.7. The number of hydrogen-bond acceptors (Lipinski definition) is 5. The first kappa shape index (κ1) is 14.6. The summed E-state index contributed by atoms with van der Waals surface area (Å²) in [5, 5.41) is 18.7. The molecule has 0 unspecified atom stereocenters. The van der Waals surface area contributed by atoms with Crippen molar-refractivity contribution in [3.8, 4) is 0 Å². The quantitative estimate of drug-likeness (QED) is 0.693. The van der Waals surface area contributed by atoms with Gasteiger partial charge in [-0.05, 0) is 32.3 Å². The number of non-ortho nitro benzene ring substituents is 1. The van der Waals surface area contributed by atoms with E-state index in [1.165, 1.54) is 0 Å². The third kappa shape index (κ3) is 2.85. The zero-order chi connectivity index (χ0) is 15.7. The van der Waals surface area contributed by atoms with Crippen molar-refractivity contribution in [2.24, 2.45) is 0 Å². The first-order valence-corrected chi connectivity index (χ1v) is 7.46. The topological polar surface area (TPSA) is 85.9 Å². The van der Waals surface area contributed by atoms with Gasteiger partial charge in [0.15, 0.2) is 0 Å². The summed E-state index contributed by atoms with van der Waals surface area (Å²) in [5.41, 5.74) is 1.14. The van der Waals surface area contributed by atoms with Crippen LogP contribution in [-0.4, -0.2) is 19.7 Å². The molecule has 0 fully saturated rings. The Labute approximate surface area is 128 Å². The lowest BCUT2D eigenvalue weighted by Crippen LogP contribution is -2.30. The molecule has 0 saturated heterocycles. The molecule has 7 heteroatoms. The second-order valence-electron chi connectivity index (χ2n) is 5.67. The number of benzene rings is 1. The number of nitrogens with zero attached hydrogens (tertiary/aromatic N) is 4. The van der Waals surface area contributed by atoms with Crippen LogP contribution in [-0.2, 0) is 6.54 Å². The minimum absolute atomic E-state index is 0.0920. The van der Waals surface area contributed by atoms with Gasteiger partial charge >= 0.3 is 0 Å². The molecule has 1 N–H and O–H groups in total. The molecular weight excluding hydrogens is 282 g/mol. The van der Waals surface area contributed by atoms with Crippen molar-refractivity contribution in [1.82, 2.24) is 20.1 Å². The lowest BCUT2D eigenvalue weighted by atomic mass is 10.0. The number of fused-ring (bicyclic) bond motifs is 1. The Hall–Kier alpha value is -2.28. The molecule has 2 heterocycles. The number of rotatable bonds is 4. The summed E-state index contributed by atoms with van der Waals surface area (Å²) >= 11 is 0. The fraction of sp³-hybridized carbons (Fsp3) is 0.467. The van der Waals surface area contributed by atoms with E-state index in [4.69, 9.17) is 0 Å². The Morgan fingerprint density at radius 3 is 2.82 bits per heavy atom. The van der Waals surface area contributed by atoms with Crippen molar-refractivity contribution in [2.45, 2.75) is 45.3 Å². The molecule has 1 aromatic heterocycles. The third-order valence-electron chi connectivity index (χ3n) is 4.04. The van der Waals surface area contributed by atoms with Crippen LogP contribution in [0.15, 0.2) is 24.3 Å². The monoisotopic (exact) mass is 301 g/mol. The number of nitro benzene ring substituents is 1. The minimum atomic E-state index is -0.381. The van der Waals surface area contributed by atoms with Gasteiger partial charge in [0, 0.05) is 24.7 Å². The largest absolute Gasteiger partial charge is 0.301 e. The van der Waals surface area contributed by atoms with Crippen LogP contribution < -0.4 is 5.32 Å². The molecule has 7 nitrogen and oxygen atoms in total. The molecule has 3 rings (SSSR count). The summed E-state index contributed by atoms with van der Waals surface area (Å²) in [7, 11) is 0. The van der Waals surface area contributed by atoms with Crippen LogP contribution in [0.1, 0.15) is 49.1 Å². The Balaban J connectivity index is 1.74. The van der Waals surface area contributed by atoms with E-state index in [-0.39, 0.29) is 22.7 Å². The maximum atomic E-state index is 10.7. The molecule has 2 aromatic rings. The molecule has 1 aliphatic heterocycles. The van der Waals surface area contributed by atoms with Crippen LogP contribution in [0.5, 0.6) is 0 Å². The smallest absolute Gasteiger partial charge is 0.269 e. The van der Waals surface area contributed by atoms with Gasteiger partial charge < -0.3 is 5.32 Å². The van der Waals surface area contributed by atoms with Gasteiger partial charge in [0.2, 0.25) is 0 Å². The van der Waals surface area contributed by atoms with E-state index in [1.54, 1.807) is 24.3 Å². The number of aromatic nitrogens is 3. The van der Waals surface area contributed by atoms with Gasteiger partial charge in [-0.15, -0.1) is 0 Å². The minimum Gasteiger partial charge on any atom is -0.301 e. The second kappa shape index (κ2) is 5.84. The molecule has 0 bridgehead atoms. The fourth-order valence-electron chi connectivity index (χ4n) is 2.91. The van der Waals surface area contributed by atoms with Crippen LogP contribution in [0.4, 0.5) is 5.69 Å². The van der Waals surface area contributed by atoms with Crippen molar-refractivity contribution < 1.29 is 4.92 Å². The van der Waals surface area contributed by atoms with Crippen LogP contribution in [0.25, 0.3) is 0 Å². The molecule has 0 saturated carbocycles. The van der Waals surface area contributed by atoms with E-state index in [0.29, 0.717) is 0 Å². The average molecular weight is 301 g/mol. The third-order valence-corrected chi connectivity index (χ3v) is 4.04. The molecule has 0 spiro atoms. The highest BCUT2D eigenvalue weighted by Gasteiger charge is 2.25. The second-order valence-corrected chi connectivity index (χ2v) is 5.67. The molecule has 116 valence electrons. The van der Waals surface area contributed by atoms with E-state index < -0.39 is 0 Å². The van der Waals surface area contributed by atoms with Gasteiger partial charge in [-0.2, -0.15) is 5.10 Å². The van der Waals surface area contributed by atoms with E-state index in [1.807, 2.05) is 11.6 Å². The highest BCUT2D eigenvalue weighted by atomic mass is 16.6. The molecule has 2 atom stereocenters. The lowest BCUT2D eigenvalue weighted by molar-refractivity contribution is -0.384. The standard InChI is InChI=1S/C15H19N5O2/c1-10(12-5-7-13(8-6-12)20(21)22)16-14-4-3-9-19-15(14)17-11(2)18-19/h5-8,10,14,16H,3-4,9H2,1-2H3/t10-,14-/m0/s1. The number of nitrogens with one attached hydrogen (secondary N) is 1. The fourth-order valence-corrected chi connectivity index (χ4v) is 2.91. The summed E-state index contributed by atoms with van der Waals surface area (Å²) in [6.07, 6.45) is 2.09. The molecule has 0 aliphatic carbocycles. The van der Waals surface area contributed by atoms with Crippen LogP contribution in [0, 0.1) is 17.0 Å². The molecule has 22 heavy (non-hydrogen) atoms. The SMILES string of the molecule is Cc1nc2n(n1)CCC[C@@H]2N[C@@H](C)c1ccc([N+](=O)[O-])cc1. The average Bonchev–Trinajstić information content (AvgIpc) is 2.88. The van der Waals surface area contributed by atoms with Gasteiger partial charge in [-0.25, -0.2) is 9.67 Å². The van der Waals surface area contributed by atoms with Gasteiger partial charge in [0.1, 0.15) is 11.6 Å². The highest BCUT2D eigenvalue weighted by Crippen LogP contribution is 2.27. The Morgan fingerprint density at radius 2 is 2.14 bits per heavy atom. The Morgan fingerprint density at radius 1 is 1.41 bits per heavy atom. The van der Waals surface area contributed by atoms with Gasteiger partial charge in [0.25, 0.3) is 5.69 Å². The Kier molecular flexibility index (Phi) is 3.89. The first-order valence-electron chi connectivity index (χ1n) is 7.46. The summed E-state index contributed by atoms with van der Waals surface area (Å²) in [5.74, 6) is 1.78. The van der Waals surface area contributed by atoms with E-state index in [2.05, 4.69) is 22.3 Å². The predicted molar refractivity (Wildman–Crippen MR) is 81.4 cm³/mol. The predicted octanol–water partition coefficient (Wildman–Crippen LogP) is 2.68. The van der Waals surface area contributed by atoms with Crippen LogP contribution >= 0.6 is 0 Å². The number of hydrogen-bond donors (Lipinski definition) is 1. The summed E-state index contributed by atoms with van der Waals surface area (Å²) in [6, 6.07) is 6.94.